The van der Waals surface area contributed by atoms with Gasteiger partial charge in [-0.05, 0) is 35.9 Å². The number of hydrogen-bond donors (Lipinski definition) is 1. The number of ether oxygens (including phenoxy) is 1. The van der Waals surface area contributed by atoms with E-state index >= 15 is 0 Å². The maximum atomic E-state index is 13.0. The topological polar surface area (TPSA) is 41.6 Å². The van der Waals surface area contributed by atoms with Crippen molar-refractivity contribution in [1.82, 2.24) is 5.32 Å². The van der Waals surface area contributed by atoms with Gasteiger partial charge in [0.25, 0.3) is 5.91 Å². The molecule has 7 heteroatoms. The van der Waals surface area contributed by atoms with E-state index in [0.29, 0.717) is 24.3 Å². The molecule has 3 rings (SSSR count). The summed E-state index contributed by atoms with van der Waals surface area (Å²) in [5, 5.41) is 2.84. The highest BCUT2D eigenvalue weighted by atomic mass is 19.4. The van der Waals surface area contributed by atoms with Gasteiger partial charge < -0.3 is 15.0 Å². The summed E-state index contributed by atoms with van der Waals surface area (Å²) in [4.78, 5) is 14.7. The lowest BCUT2D eigenvalue weighted by molar-refractivity contribution is -0.137. The first-order valence-corrected chi connectivity index (χ1v) is 9.55. The molecule has 2 aromatic rings. The van der Waals surface area contributed by atoms with Crippen LogP contribution in [-0.2, 0) is 16.3 Å². The molecule has 1 heterocycles. The minimum atomic E-state index is -4.39. The van der Waals surface area contributed by atoms with Gasteiger partial charge in [0.2, 0.25) is 0 Å². The normalized spacial score (nSPS) is 15.3. The molecule has 0 atom stereocenters. The molecule has 1 aliphatic rings. The monoisotopic (exact) mass is 406 g/mol. The number of carbonyl (C=O) groups excluding carboxylic acids is 1. The van der Waals surface area contributed by atoms with Crippen LogP contribution in [0.5, 0.6) is 0 Å². The Labute approximate surface area is 168 Å². The number of benzene rings is 2. The summed E-state index contributed by atoms with van der Waals surface area (Å²) in [5.74, 6) is -0.251. The lowest BCUT2D eigenvalue weighted by Gasteiger charge is -2.29. The van der Waals surface area contributed by atoms with E-state index in [0.717, 1.165) is 30.9 Å². The van der Waals surface area contributed by atoms with Gasteiger partial charge in [-0.25, -0.2) is 0 Å². The molecule has 0 radical (unpaired) electrons. The third-order valence-electron chi connectivity index (χ3n) is 5.17. The van der Waals surface area contributed by atoms with Crippen molar-refractivity contribution in [2.45, 2.75) is 25.4 Å². The van der Waals surface area contributed by atoms with E-state index in [4.69, 9.17) is 4.74 Å². The number of nitrogens with zero attached hydrogens (tertiary/aromatic N) is 1. The average Bonchev–Trinajstić information content (AvgIpc) is 2.72. The highest BCUT2D eigenvalue weighted by molar-refractivity contribution is 5.94. The number of amides is 1. The second kappa shape index (κ2) is 8.45. The van der Waals surface area contributed by atoms with Crippen molar-refractivity contribution in [2.75, 3.05) is 37.7 Å². The first kappa shape index (κ1) is 21.2. The van der Waals surface area contributed by atoms with Gasteiger partial charge in [0.05, 0.1) is 18.8 Å². The maximum Gasteiger partial charge on any atom is 0.416 e. The van der Waals surface area contributed by atoms with Gasteiger partial charge >= 0.3 is 6.18 Å². The second-order valence-corrected chi connectivity index (χ2v) is 7.79. The lowest BCUT2D eigenvalue weighted by atomic mass is 9.83. The fraction of sp³-hybridized carbons (Fsp3) is 0.409. The molecule has 0 aliphatic carbocycles. The molecular weight excluding hydrogens is 381 g/mol. The zero-order valence-electron chi connectivity index (χ0n) is 16.6. The highest BCUT2D eigenvalue weighted by Gasteiger charge is 2.32. The third kappa shape index (κ3) is 5.29. The van der Waals surface area contributed by atoms with E-state index in [-0.39, 0.29) is 12.5 Å². The highest BCUT2D eigenvalue weighted by Crippen LogP contribution is 2.32. The van der Waals surface area contributed by atoms with E-state index in [1.165, 1.54) is 6.07 Å². The number of rotatable bonds is 5. The summed E-state index contributed by atoms with van der Waals surface area (Å²) < 4.78 is 44.3. The number of hydrogen-bond acceptors (Lipinski definition) is 3. The Morgan fingerprint density at radius 3 is 2.28 bits per heavy atom. The second-order valence-electron chi connectivity index (χ2n) is 7.79. The Morgan fingerprint density at radius 1 is 1.03 bits per heavy atom. The van der Waals surface area contributed by atoms with Gasteiger partial charge in [-0.1, -0.05) is 32.0 Å². The zero-order chi connectivity index (χ0) is 21.1. The molecule has 156 valence electrons. The zero-order valence-corrected chi connectivity index (χ0v) is 16.6. The van der Waals surface area contributed by atoms with Crippen LogP contribution in [0.3, 0.4) is 0 Å². The van der Waals surface area contributed by atoms with Gasteiger partial charge in [-0.3, -0.25) is 4.79 Å². The summed E-state index contributed by atoms with van der Waals surface area (Å²) >= 11 is 0. The quantitative estimate of drug-likeness (QED) is 0.807. The minimum absolute atomic E-state index is 0.221. The van der Waals surface area contributed by atoms with Gasteiger partial charge in [-0.15, -0.1) is 0 Å². The summed E-state index contributed by atoms with van der Waals surface area (Å²) in [6.45, 7) is 6.85. The molecule has 0 saturated carbocycles. The summed E-state index contributed by atoms with van der Waals surface area (Å²) in [6.07, 6.45) is -4.39. The van der Waals surface area contributed by atoms with Gasteiger partial charge in [0, 0.05) is 36.3 Å². The SMILES string of the molecule is CC(C)(CNC(=O)c1ccc(N2CCOCC2)cc1)c1cccc(C(F)(F)F)c1. The molecule has 1 aliphatic heterocycles. The van der Waals surface area contributed by atoms with Crippen LogP contribution in [0.4, 0.5) is 18.9 Å². The number of morpholine rings is 1. The average molecular weight is 406 g/mol. The lowest BCUT2D eigenvalue weighted by Crippen LogP contribution is -2.37. The molecule has 1 saturated heterocycles. The van der Waals surface area contributed by atoms with Gasteiger partial charge in [-0.2, -0.15) is 13.2 Å². The van der Waals surface area contributed by atoms with E-state index in [2.05, 4.69) is 10.2 Å². The molecule has 0 spiro atoms. The standard InChI is InChI=1S/C22H25F3N2O2/c1-21(2,17-4-3-5-18(14-17)22(23,24)25)15-26-20(28)16-6-8-19(9-7-16)27-10-12-29-13-11-27/h3-9,14H,10-13,15H2,1-2H3,(H,26,28). The number of carbonyl (C=O) groups is 1. The predicted molar refractivity (Wildman–Crippen MR) is 106 cm³/mol. The predicted octanol–water partition coefficient (Wildman–Crippen LogP) is 4.25. The molecule has 0 aromatic heterocycles. The first-order chi connectivity index (χ1) is 13.7. The summed E-state index contributed by atoms with van der Waals surface area (Å²) in [7, 11) is 0. The fourth-order valence-corrected chi connectivity index (χ4v) is 3.27. The van der Waals surface area contributed by atoms with Crippen molar-refractivity contribution in [3.8, 4) is 0 Å². The van der Waals surface area contributed by atoms with Crippen molar-refractivity contribution in [2.24, 2.45) is 0 Å². The fourth-order valence-electron chi connectivity index (χ4n) is 3.27. The van der Waals surface area contributed by atoms with Crippen LogP contribution in [0.1, 0.15) is 35.3 Å². The van der Waals surface area contributed by atoms with Crippen molar-refractivity contribution >= 4 is 11.6 Å². The van der Waals surface area contributed by atoms with Gasteiger partial charge in [0.15, 0.2) is 0 Å². The van der Waals surface area contributed by atoms with E-state index in [1.807, 2.05) is 26.0 Å². The summed E-state index contributed by atoms with van der Waals surface area (Å²) in [6, 6.07) is 12.6. The van der Waals surface area contributed by atoms with Crippen molar-refractivity contribution in [3.63, 3.8) is 0 Å². The van der Waals surface area contributed by atoms with Crippen LogP contribution in [0, 0.1) is 0 Å². The van der Waals surface area contributed by atoms with Crippen LogP contribution in [-0.4, -0.2) is 38.8 Å². The van der Waals surface area contributed by atoms with Crippen molar-refractivity contribution in [3.05, 3.63) is 65.2 Å². The van der Waals surface area contributed by atoms with Crippen molar-refractivity contribution in [1.29, 1.82) is 0 Å². The largest absolute Gasteiger partial charge is 0.416 e. The van der Waals surface area contributed by atoms with E-state index < -0.39 is 17.2 Å². The molecule has 29 heavy (non-hydrogen) atoms. The smallest absolute Gasteiger partial charge is 0.378 e. The van der Waals surface area contributed by atoms with Crippen LogP contribution in [0.15, 0.2) is 48.5 Å². The molecule has 1 N–H and O–H groups in total. The van der Waals surface area contributed by atoms with Crippen LogP contribution >= 0.6 is 0 Å². The molecule has 4 nitrogen and oxygen atoms in total. The maximum absolute atomic E-state index is 13.0. The van der Waals surface area contributed by atoms with Crippen LogP contribution in [0.25, 0.3) is 0 Å². The Morgan fingerprint density at radius 2 is 1.66 bits per heavy atom. The van der Waals surface area contributed by atoms with E-state index in [9.17, 15) is 18.0 Å². The van der Waals surface area contributed by atoms with E-state index in [1.54, 1.807) is 18.2 Å². The number of anilines is 1. The number of alkyl halides is 3. The van der Waals surface area contributed by atoms with Crippen molar-refractivity contribution < 1.29 is 22.7 Å². The molecule has 0 unspecified atom stereocenters. The van der Waals surface area contributed by atoms with Crippen LogP contribution < -0.4 is 10.2 Å². The Kier molecular flexibility index (Phi) is 6.17. The summed E-state index contributed by atoms with van der Waals surface area (Å²) in [5.41, 5.74) is 0.740. The number of halogens is 3. The molecule has 1 amide bonds. The molecule has 0 bridgehead atoms. The van der Waals surface area contributed by atoms with Gasteiger partial charge in [0.1, 0.15) is 0 Å². The Balaban J connectivity index is 1.63. The first-order valence-electron chi connectivity index (χ1n) is 9.55. The molecule has 2 aromatic carbocycles. The third-order valence-corrected chi connectivity index (χ3v) is 5.17. The number of nitrogens with one attached hydrogen (secondary N) is 1. The molecule has 1 fully saturated rings. The van der Waals surface area contributed by atoms with Crippen LogP contribution in [0.2, 0.25) is 0 Å². The minimum Gasteiger partial charge on any atom is -0.378 e. The molecular formula is C22H25F3N2O2. The Bertz CT molecular complexity index is 842. The Hall–Kier alpha value is -2.54.